The summed E-state index contributed by atoms with van der Waals surface area (Å²) < 4.78 is 78.6. The van der Waals surface area contributed by atoms with Crippen LogP contribution >= 0.6 is 11.9 Å². The van der Waals surface area contributed by atoms with Crippen LogP contribution in [0.5, 0.6) is 0 Å². The topological polar surface area (TPSA) is 40.5 Å². The van der Waals surface area contributed by atoms with Crippen LogP contribution in [0.4, 0.5) is 26.3 Å². The lowest BCUT2D eigenvalue weighted by atomic mass is 10.0. The lowest BCUT2D eigenvalue weighted by Gasteiger charge is -2.30. The standard InChI is InChI=1S/C14H13F6NO2S/c15-13(16,17)9-3-4-11(10(6-9)14(18,19)20)24-21-5-1-2-8(7-21)12(22)23/h3-4,6,8H,1-2,5,7H2,(H,22,23)/t8-/m0/s1. The molecule has 0 unspecified atom stereocenters. The SMILES string of the molecule is O=C(O)[C@H]1CCCN(Sc2ccc(C(F)(F)F)cc2C(F)(F)F)C1. The summed E-state index contributed by atoms with van der Waals surface area (Å²) >= 11 is 0.641. The number of carbonyl (C=O) groups is 1. The molecule has 0 spiro atoms. The van der Waals surface area contributed by atoms with Crippen LogP contribution in [-0.4, -0.2) is 28.5 Å². The summed E-state index contributed by atoms with van der Waals surface area (Å²) in [5.74, 6) is -1.74. The van der Waals surface area contributed by atoms with Gasteiger partial charge in [-0.25, -0.2) is 4.31 Å². The van der Waals surface area contributed by atoms with Crippen LogP contribution < -0.4 is 0 Å². The van der Waals surface area contributed by atoms with Crippen LogP contribution in [0.2, 0.25) is 0 Å². The molecule has 134 valence electrons. The van der Waals surface area contributed by atoms with Gasteiger partial charge in [0.25, 0.3) is 0 Å². The molecular formula is C14H13F6NO2S. The Morgan fingerprint density at radius 1 is 1.17 bits per heavy atom. The van der Waals surface area contributed by atoms with Gasteiger partial charge in [-0.3, -0.25) is 4.79 Å². The average molecular weight is 373 g/mol. The highest BCUT2D eigenvalue weighted by Crippen LogP contribution is 2.42. The van der Waals surface area contributed by atoms with Gasteiger partial charge in [-0.15, -0.1) is 0 Å². The predicted octanol–water partition coefficient (Wildman–Crippen LogP) is 4.53. The van der Waals surface area contributed by atoms with Crippen LogP contribution in [0.3, 0.4) is 0 Å². The molecule has 1 aliphatic rings. The Hall–Kier alpha value is -1.42. The Morgan fingerprint density at radius 2 is 1.83 bits per heavy atom. The first-order valence-corrected chi connectivity index (χ1v) is 7.70. The Kier molecular flexibility index (Phi) is 5.38. The number of aliphatic carboxylic acids is 1. The molecule has 0 radical (unpaired) electrons. The summed E-state index contributed by atoms with van der Waals surface area (Å²) in [6.07, 6.45) is -8.90. The second kappa shape index (κ2) is 6.83. The second-order valence-corrected chi connectivity index (χ2v) is 6.50. The predicted molar refractivity (Wildman–Crippen MR) is 74.2 cm³/mol. The molecule has 1 heterocycles. The number of hydrogen-bond donors (Lipinski definition) is 1. The van der Waals surface area contributed by atoms with Gasteiger partial charge in [-0.2, -0.15) is 26.3 Å². The van der Waals surface area contributed by atoms with E-state index in [2.05, 4.69) is 0 Å². The van der Waals surface area contributed by atoms with Gasteiger partial charge in [-0.05, 0) is 43.0 Å². The molecule has 24 heavy (non-hydrogen) atoms. The number of benzene rings is 1. The fourth-order valence-corrected chi connectivity index (χ4v) is 3.53. The van der Waals surface area contributed by atoms with Gasteiger partial charge in [0.15, 0.2) is 0 Å². The van der Waals surface area contributed by atoms with E-state index in [-0.39, 0.29) is 17.5 Å². The van der Waals surface area contributed by atoms with Gasteiger partial charge in [-0.1, -0.05) is 0 Å². The first kappa shape index (κ1) is 18.9. The van der Waals surface area contributed by atoms with E-state index in [9.17, 15) is 31.1 Å². The molecule has 1 atom stereocenters. The molecule has 1 aliphatic heterocycles. The summed E-state index contributed by atoms with van der Waals surface area (Å²) in [5, 5.41) is 8.99. The summed E-state index contributed by atoms with van der Waals surface area (Å²) in [4.78, 5) is 10.6. The molecule has 0 amide bonds. The van der Waals surface area contributed by atoms with Crippen molar-refractivity contribution in [2.45, 2.75) is 30.1 Å². The number of rotatable bonds is 3. The monoisotopic (exact) mass is 373 g/mol. The van der Waals surface area contributed by atoms with E-state index in [4.69, 9.17) is 5.11 Å². The van der Waals surface area contributed by atoms with Gasteiger partial charge in [0.1, 0.15) is 0 Å². The zero-order valence-electron chi connectivity index (χ0n) is 12.1. The van der Waals surface area contributed by atoms with Crippen molar-refractivity contribution >= 4 is 17.9 Å². The van der Waals surface area contributed by atoms with Crippen LogP contribution in [0.15, 0.2) is 23.1 Å². The molecule has 1 N–H and O–H groups in total. The van der Waals surface area contributed by atoms with Gasteiger partial charge >= 0.3 is 18.3 Å². The fourth-order valence-electron chi connectivity index (χ4n) is 2.37. The van der Waals surface area contributed by atoms with Crippen molar-refractivity contribution in [3.8, 4) is 0 Å². The molecule has 0 bridgehead atoms. The maximum atomic E-state index is 13.1. The third-order valence-electron chi connectivity index (χ3n) is 3.57. The zero-order valence-corrected chi connectivity index (χ0v) is 12.9. The van der Waals surface area contributed by atoms with Crippen molar-refractivity contribution in [1.29, 1.82) is 0 Å². The Bertz CT molecular complexity index is 616. The molecule has 1 aromatic rings. The van der Waals surface area contributed by atoms with Gasteiger partial charge < -0.3 is 5.11 Å². The minimum atomic E-state index is -4.94. The largest absolute Gasteiger partial charge is 0.481 e. The van der Waals surface area contributed by atoms with Crippen LogP contribution in [0.25, 0.3) is 0 Å². The van der Waals surface area contributed by atoms with Gasteiger partial charge in [0, 0.05) is 18.0 Å². The molecule has 0 aromatic heterocycles. The summed E-state index contributed by atoms with van der Waals surface area (Å²) in [6.45, 7) is 0.408. The lowest BCUT2D eigenvalue weighted by molar-refractivity contribution is -0.145. The van der Waals surface area contributed by atoms with E-state index in [0.29, 0.717) is 37.4 Å². The first-order valence-electron chi connectivity index (χ1n) is 6.92. The summed E-state index contributed by atoms with van der Waals surface area (Å²) in [7, 11) is 0. The lowest BCUT2D eigenvalue weighted by Crippen LogP contribution is -2.34. The Morgan fingerprint density at radius 3 is 2.38 bits per heavy atom. The van der Waals surface area contributed by atoms with E-state index >= 15 is 0 Å². The minimum absolute atomic E-state index is 0.0400. The third-order valence-corrected chi connectivity index (χ3v) is 4.72. The Labute approximate surface area is 137 Å². The maximum Gasteiger partial charge on any atom is 0.417 e. The molecule has 1 fully saturated rings. The molecular weight excluding hydrogens is 360 g/mol. The third kappa shape index (κ3) is 4.56. The number of alkyl halides is 6. The van der Waals surface area contributed by atoms with E-state index in [1.807, 2.05) is 0 Å². The van der Waals surface area contributed by atoms with Crippen molar-refractivity contribution in [2.75, 3.05) is 13.1 Å². The Balaban J connectivity index is 2.28. The van der Waals surface area contributed by atoms with E-state index in [1.165, 1.54) is 4.31 Å². The number of carboxylic acid groups (broad SMARTS) is 1. The molecule has 10 heteroatoms. The van der Waals surface area contributed by atoms with E-state index in [1.54, 1.807) is 0 Å². The fraction of sp³-hybridized carbons (Fsp3) is 0.500. The van der Waals surface area contributed by atoms with Gasteiger partial charge in [0.2, 0.25) is 0 Å². The highest BCUT2D eigenvalue weighted by molar-refractivity contribution is 7.97. The van der Waals surface area contributed by atoms with Crippen molar-refractivity contribution in [1.82, 2.24) is 4.31 Å². The number of carboxylic acids is 1. The van der Waals surface area contributed by atoms with E-state index < -0.39 is 35.4 Å². The highest BCUT2D eigenvalue weighted by atomic mass is 32.2. The minimum Gasteiger partial charge on any atom is -0.481 e. The van der Waals surface area contributed by atoms with Crippen LogP contribution in [-0.2, 0) is 17.1 Å². The first-order chi connectivity index (χ1) is 11.0. The van der Waals surface area contributed by atoms with Crippen molar-refractivity contribution in [2.24, 2.45) is 5.92 Å². The molecule has 0 aliphatic carbocycles. The molecule has 3 nitrogen and oxygen atoms in total. The molecule has 2 rings (SSSR count). The van der Waals surface area contributed by atoms with Crippen molar-refractivity contribution in [3.05, 3.63) is 29.3 Å². The summed E-state index contributed by atoms with van der Waals surface area (Å²) in [5.41, 5.74) is -2.75. The quantitative estimate of drug-likeness (QED) is 0.624. The normalized spacial score (nSPS) is 20.2. The molecule has 0 saturated carbocycles. The molecule has 1 aromatic carbocycles. The number of piperidine rings is 1. The summed E-state index contributed by atoms with van der Waals surface area (Å²) in [6, 6.07) is 1.46. The van der Waals surface area contributed by atoms with Crippen molar-refractivity contribution in [3.63, 3.8) is 0 Å². The van der Waals surface area contributed by atoms with Crippen LogP contribution in [0.1, 0.15) is 24.0 Å². The average Bonchev–Trinajstić information content (AvgIpc) is 2.45. The van der Waals surface area contributed by atoms with Crippen LogP contribution in [0, 0.1) is 5.92 Å². The number of halogens is 6. The zero-order chi connectivity index (χ0) is 18.1. The maximum absolute atomic E-state index is 13.1. The smallest absolute Gasteiger partial charge is 0.417 e. The number of hydrogen-bond acceptors (Lipinski definition) is 3. The van der Waals surface area contributed by atoms with E-state index in [0.717, 1.165) is 6.07 Å². The van der Waals surface area contributed by atoms with Crippen molar-refractivity contribution < 1.29 is 36.2 Å². The highest BCUT2D eigenvalue weighted by Gasteiger charge is 2.39. The van der Waals surface area contributed by atoms with Gasteiger partial charge in [0.05, 0.1) is 17.0 Å². The second-order valence-electron chi connectivity index (χ2n) is 5.36. The molecule has 1 saturated heterocycles. The number of nitrogens with zero attached hydrogens (tertiary/aromatic N) is 1.